The highest BCUT2D eigenvalue weighted by Gasteiger charge is 2.09. The normalized spacial score (nSPS) is 10.7. The Morgan fingerprint density at radius 2 is 1.58 bits per heavy atom. The van der Waals surface area contributed by atoms with Crippen LogP contribution in [-0.2, 0) is 13.0 Å². The molecule has 2 aromatic rings. The molecule has 0 saturated carbocycles. The molecule has 2 aromatic carbocycles. The van der Waals surface area contributed by atoms with Crippen molar-refractivity contribution in [2.24, 2.45) is 0 Å². The van der Waals surface area contributed by atoms with Gasteiger partial charge >= 0.3 is 0 Å². The van der Waals surface area contributed by atoms with Crippen LogP contribution >= 0.6 is 31.9 Å². The zero-order chi connectivity index (χ0) is 13.7. The average Bonchev–Trinajstić information content (AvgIpc) is 2.45. The van der Waals surface area contributed by atoms with Crippen LogP contribution in [0.4, 0.5) is 0 Å². The van der Waals surface area contributed by atoms with Gasteiger partial charge < -0.3 is 4.74 Å². The molecule has 0 amide bonds. The van der Waals surface area contributed by atoms with E-state index in [1.165, 1.54) is 16.7 Å². The smallest absolute Gasteiger partial charge is 0.122 e. The number of hydrogen-bond acceptors (Lipinski definition) is 1. The minimum Gasteiger partial charge on any atom is -0.489 e. The van der Waals surface area contributed by atoms with Gasteiger partial charge in [-0.1, -0.05) is 81.2 Å². The molecule has 3 heteroatoms. The lowest BCUT2D eigenvalue weighted by Gasteiger charge is -2.13. The van der Waals surface area contributed by atoms with E-state index in [1.807, 2.05) is 30.3 Å². The third kappa shape index (κ3) is 3.83. The molecule has 0 radical (unpaired) electrons. The van der Waals surface area contributed by atoms with Crippen molar-refractivity contribution in [2.45, 2.75) is 23.7 Å². The summed E-state index contributed by atoms with van der Waals surface area (Å²) in [5.74, 6) is 0.973. The van der Waals surface area contributed by atoms with Crippen LogP contribution in [0.2, 0.25) is 0 Å². The molecule has 0 atom stereocenters. The first-order chi connectivity index (χ1) is 9.22. The van der Waals surface area contributed by atoms with Gasteiger partial charge in [0.2, 0.25) is 0 Å². The zero-order valence-corrected chi connectivity index (χ0v) is 13.9. The largest absolute Gasteiger partial charge is 0.489 e. The van der Waals surface area contributed by atoms with E-state index in [4.69, 9.17) is 4.74 Å². The van der Waals surface area contributed by atoms with Crippen LogP contribution in [0.1, 0.15) is 27.4 Å². The highest BCUT2D eigenvalue weighted by Crippen LogP contribution is 2.32. The predicted octanol–water partition coefficient (Wildman–Crippen LogP) is 5.62. The molecule has 0 saturated heterocycles. The molecular formula is C16H16Br2O. The van der Waals surface area contributed by atoms with Crippen molar-refractivity contribution in [3.8, 4) is 5.75 Å². The van der Waals surface area contributed by atoms with Gasteiger partial charge in [-0.15, -0.1) is 0 Å². The maximum atomic E-state index is 5.96. The number of ether oxygens (including phenoxy) is 1. The molecule has 0 aliphatic carbocycles. The van der Waals surface area contributed by atoms with Gasteiger partial charge in [0.05, 0.1) is 3.74 Å². The second-order valence-corrected chi connectivity index (χ2v) is 7.31. The molecule has 1 nitrogen and oxygen atoms in total. The predicted molar refractivity (Wildman–Crippen MR) is 87.2 cm³/mol. The van der Waals surface area contributed by atoms with Crippen molar-refractivity contribution < 1.29 is 4.74 Å². The van der Waals surface area contributed by atoms with Crippen LogP contribution in [-0.4, -0.2) is 0 Å². The lowest BCUT2D eigenvalue weighted by molar-refractivity contribution is 0.302. The van der Waals surface area contributed by atoms with E-state index in [0.29, 0.717) is 6.61 Å². The molecule has 2 rings (SSSR count). The van der Waals surface area contributed by atoms with Gasteiger partial charge in [0.25, 0.3) is 0 Å². The van der Waals surface area contributed by atoms with Gasteiger partial charge in [-0.2, -0.15) is 0 Å². The number of rotatable bonds is 5. The first kappa shape index (κ1) is 14.6. The van der Waals surface area contributed by atoms with E-state index in [2.05, 4.69) is 57.0 Å². The summed E-state index contributed by atoms with van der Waals surface area (Å²) in [6.45, 7) is 2.73. The summed E-state index contributed by atoms with van der Waals surface area (Å²) in [4.78, 5) is 0. The molecule has 0 aliphatic rings. The van der Waals surface area contributed by atoms with Crippen molar-refractivity contribution in [3.05, 3.63) is 65.2 Å². The van der Waals surface area contributed by atoms with Gasteiger partial charge in [-0.25, -0.2) is 0 Å². The standard InChI is InChI=1S/C16H16Br2O/c1-2-12-7-4-6-10-15(12)19-11-13-8-3-5-9-14(13)16(17)18/h3-10,16H,2,11H2,1H3. The Hall–Kier alpha value is -0.800. The van der Waals surface area contributed by atoms with Crippen LogP contribution in [0.15, 0.2) is 48.5 Å². The molecular weight excluding hydrogens is 368 g/mol. The van der Waals surface area contributed by atoms with E-state index < -0.39 is 0 Å². The van der Waals surface area contributed by atoms with Crippen molar-refractivity contribution >= 4 is 31.9 Å². The Morgan fingerprint density at radius 3 is 2.26 bits per heavy atom. The summed E-state index contributed by atoms with van der Waals surface area (Å²) in [6, 6.07) is 16.5. The first-order valence-electron chi connectivity index (χ1n) is 6.29. The number of aryl methyl sites for hydroxylation is 1. The average molecular weight is 384 g/mol. The first-order valence-corrected chi connectivity index (χ1v) is 8.12. The quantitative estimate of drug-likeness (QED) is 0.609. The highest BCUT2D eigenvalue weighted by atomic mass is 79.9. The Morgan fingerprint density at radius 1 is 0.947 bits per heavy atom. The lowest BCUT2D eigenvalue weighted by Crippen LogP contribution is -2.01. The highest BCUT2D eigenvalue weighted by molar-refractivity contribution is 9.24. The molecule has 100 valence electrons. The van der Waals surface area contributed by atoms with Gasteiger partial charge in [0.15, 0.2) is 0 Å². The fraction of sp³-hybridized carbons (Fsp3) is 0.250. The molecule has 0 unspecified atom stereocenters. The van der Waals surface area contributed by atoms with Crippen molar-refractivity contribution in [2.75, 3.05) is 0 Å². The van der Waals surface area contributed by atoms with E-state index in [-0.39, 0.29) is 3.74 Å². The van der Waals surface area contributed by atoms with E-state index >= 15 is 0 Å². The minimum atomic E-state index is 0.154. The molecule has 0 aromatic heterocycles. The van der Waals surface area contributed by atoms with Gasteiger partial charge in [0.1, 0.15) is 12.4 Å². The van der Waals surface area contributed by atoms with Crippen molar-refractivity contribution in [1.82, 2.24) is 0 Å². The second kappa shape index (κ2) is 7.11. The summed E-state index contributed by atoms with van der Waals surface area (Å²) >= 11 is 7.10. The van der Waals surface area contributed by atoms with Gasteiger partial charge in [0, 0.05) is 0 Å². The monoisotopic (exact) mass is 382 g/mol. The van der Waals surface area contributed by atoms with Crippen LogP contribution < -0.4 is 4.74 Å². The van der Waals surface area contributed by atoms with Crippen LogP contribution in [0.25, 0.3) is 0 Å². The fourth-order valence-electron chi connectivity index (χ4n) is 1.97. The zero-order valence-electron chi connectivity index (χ0n) is 10.8. The summed E-state index contributed by atoms with van der Waals surface area (Å²) in [5, 5.41) is 0. The fourth-order valence-corrected chi connectivity index (χ4v) is 2.86. The minimum absolute atomic E-state index is 0.154. The van der Waals surface area contributed by atoms with Gasteiger partial charge in [-0.05, 0) is 29.2 Å². The number of halogens is 2. The Kier molecular flexibility index (Phi) is 5.46. The topological polar surface area (TPSA) is 9.23 Å². The number of benzene rings is 2. The van der Waals surface area contributed by atoms with Crippen LogP contribution in [0.3, 0.4) is 0 Å². The summed E-state index contributed by atoms with van der Waals surface area (Å²) in [7, 11) is 0. The molecule has 19 heavy (non-hydrogen) atoms. The summed E-state index contributed by atoms with van der Waals surface area (Å²) < 4.78 is 6.12. The van der Waals surface area contributed by atoms with Crippen LogP contribution in [0, 0.1) is 0 Å². The number of hydrogen-bond donors (Lipinski definition) is 0. The molecule has 0 heterocycles. The number of alkyl halides is 2. The Bertz CT molecular complexity index is 538. The molecule has 0 N–H and O–H groups in total. The van der Waals surface area contributed by atoms with Crippen molar-refractivity contribution in [3.63, 3.8) is 0 Å². The number of para-hydroxylation sites is 1. The van der Waals surface area contributed by atoms with Crippen molar-refractivity contribution in [1.29, 1.82) is 0 Å². The third-order valence-corrected chi connectivity index (χ3v) is 4.01. The lowest BCUT2D eigenvalue weighted by atomic mass is 10.1. The van der Waals surface area contributed by atoms with Crippen LogP contribution in [0.5, 0.6) is 5.75 Å². The third-order valence-electron chi connectivity index (χ3n) is 3.03. The SMILES string of the molecule is CCc1ccccc1OCc1ccccc1C(Br)Br. The van der Waals surface area contributed by atoms with E-state index in [1.54, 1.807) is 0 Å². The molecule has 0 bridgehead atoms. The maximum Gasteiger partial charge on any atom is 0.122 e. The molecule has 0 aliphatic heterocycles. The van der Waals surface area contributed by atoms with Gasteiger partial charge in [-0.3, -0.25) is 0 Å². The Balaban J connectivity index is 2.15. The molecule has 0 spiro atoms. The van der Waals surface area contributed by atoms with E-state index in [9.17, 15) is 0 Å². The second-order valence-electron chi connectivity index (χ2n) is 4.25. The summed E-state index contributed by atoms with van der Waals surface area (Å²) in [5.41, 5.74) is 3.64. The summed E-state index contributed by atoms with van der Waals surface area (Å²) in [6.07, 6.45) is 0.983. The van der Waals surface area contributed by atoms with E-state index in [0.717, 1.165) is 12.2 Å². The Labute approximate surface area is 131 Å². The maximum absolute atomic E-state index is 5.96. The molecule has 0 fully saturated rings.